The minimum absolute atomic E-state index is 0.259. The first kappa shape index (κ1) is 16.8. The zero-order valence-corrected chi connectivity index (χ0v) is 14.6. The molecule has 0 amide bonds. The van der Waals surface area contributed by atoms with Gasteiger partial charge in [-0.15, -0.1) is 0 Å². The molecule has 8 heteroatoms. The third kappa shape index (κ3) is 3.64. The molecule has 0 saturated heterocycles. The number of nitrogens with two attached hydrogens (primary N) is 1. The predicted molar refractivity (Wildman–Crippen MR) is 100 cm³/mol. The normalized spacial score (nSPS) is 12.3. The monoisotopic (exact) mass is 366 g/mol. The first-order valence-corrected chi connectivity index (χ1v) is 8.32. The summed E-state index contributed by atoms with van der Waals surface area (Å²) in [5.74, 6) is 3.41. The number of rotatable bonds is 5. The summed E-state index contributed by atoms with van der Waals surface area (Å²) in [5, 5.41) is 3.16. The molecule has 0 fully saturated rings. The van der Waals surface area contributed by atoms with Gasteiger partial charge in [0.25, 0.3) is 0 Å². The van der Waals surface area contributed by atoms with Crippen molar-refractivity contribution in [1.29, 1.82) is 0 Å². The molecule has 0 radical (unpaired) electrons. The summed E-state index contributed by atoms with van der Waals surface area (Å²) in [5.41, 5.74) is 7.24. The zero-order chi connectivity index (χ0) is 18.6. The lowest BCUT2D eigenvalue weighted by molar-refractivity contribution is 0.171. The number of fused-ring (bicyclic) bond motifs is 1. The van der Waals surface area contributed by atoms with Crippen molar-refractivity contribution in [2.75, 3.05) is 31.4 Å². The molecule has 27 heavy (non-hydrogen) atoms. The highest BCUT2D eigenvalue weighted by atomic mass is 16.6. The molecule has 0 saturated carbocycles. The Hall–Kier alpha value is -3.68. The van der Waals surface area contributed by atoms with Crippen LogP contribution in [-0.4, -0.2) is 30.3 Å². The van der Waals surface area contributed by atoms with Gasteiger partial charge in [0.1, 0.15) is 36.7 Å². The Labute approximate surface area is 155 Å². The Bertz CT molecular complexity index is 947. The molecular formula is C19H18N4O4. The number of nitrogens with zero attached hydrogens (tertiary/aromatic N) is 2. The largest absolute Gasteiger partial charge is 0.497 e. The number of benzene rings is 2. The van der Waals surface area contributed by atoms with Gasteiger partial charge in [-0.2, -0.15) is 4.98 Å². The maximum absolute atomic E-state index is 6.18. The standard InChI is InChI=1S/C19H18N4O4/c1-24-13-3-5-14(6-4-13)27-19-17(20)18(21-11-22-19)23-12-2-7-15-16(10-12)26-9-8-25-15/h2-7,10-11H,8-9,20H2,1H3,(H,21,22,23). The molecule has 1 aromatic heterocycles. The number of nitrogens with one attached hydrogen (secondary N) is 1. The van der Waals surface area contributed by atoms with Gasteiger partial charge < -0.3 is 30.0 Å². The lowest BCUT2D eigenvalue weighted by atomic mass is 10.2. The average molecular weight is 366 g/mol. The van der Waals surface area contributed by atoms with E-state index in [-0.39, 0.29) is 5.88 Å². The number of hydrogen-bond acceptors (Lipinski definition) is 8. The van der Waals surface area contributed by atoms with E-state index in [1.165, 1.54) is 6.33 Å². The molecule has 0 bridgehead atoms. The molecule has 1 aliphatic rings. The number of methoxy groups -OCH3 is 1. The number of nitrogen functional groups attached to an aromatic ring is 1. The van der Waals surface area contributed by atoms with Gasteiger partial charge in [0.05, 0.1) is 7.11 Å². The van der Waals surface area contributed by atoms with Crippen molar-refractivity contribution in [3.05, 3.63) is 48.8 Å². The zero-order valence-electron chi connectivity index (χ0n) is 14.6. The van der Waals surface area contributed by atoms with E-state index in [9.17, 15) is 0 Å². The molecule has 1 aliphatic heterocycles. The summed E-state index contributed by atoms with van der Waals surface area (Å²) in [6.45, 7) is 1.07. The second-order valence-electron chi connectivity index (χ2n) is 5.70. The summed E-state index contributed by atoms with van der Waals surface area (Å²) in [4.78, 5) is 8.31. The number of ether oxygens (including phenoxy) is 4. The molecule has 2 heterocycles. The quantitative estimate of drug-likeness (QED) is 0.709. The van der Waals surface area contributed by atoms with Crippen LogP contribution in [-0.2, 0) is 0 Å². The van der Waals surface area contributed by atoms with Gasteiger partial charge in [0.15, 0.2) is 17.3 Å². The summed E-state index contributed by atoms with van der Waals surface area (Å²) < 4.78 is 22.0. The Morgan fingerprint density at radius 3 is 2.48 bits per heavy atom. The highest BCUT2D eigenvalue weighted by Gasteiger charge is 2.14. The molecule has 0 spiro atoms. The van der Waals surface area contributed by atoms with Crippen LogP contribution in [0.2, 0.25) is 0 Å². The second kappa shape index (κ2) is 7.28. The van der Waals surface area contributed by atoms with Gasteiger partial charge in [-0.25, -0.2) is 4.98 Å². The van der Waals surface area contributed by atoms with E-state index in [2.05, 4.69) is 15.3 Å². The Morgan fingerprint density at radius 1 is 0.963 bits per heavy atom. The van der Waals surface area contributed by atoms with Crippen molar-refractivity contribution in [2.45, 2.75) is 0 Å². The van der Waals surface area contributed by atoms with E-state index in [1.807, 2.05) is 18.2 Å². The summed E-state index contributed by atoms with van der Waals surface area (Å²) in [6.07, 6.45) is 1.38. The number of aromatic nitrogens is 2. The van der Waals surface area contributed by atoms with E-state index < -0.39 is 0 Å². The van der Waals surface area contributed by atoms with Crippen LogP contribution in [0.15, 0.2) is 48.8 Å². The Balaban J connectivity index is 1.54. The smallest absolute Gasteiger partial charge is 0.248 e. The fourth-order valence-corrected chi connectivity index (χ4v) is 2.57. The molecule has 0 atom stereocenters. The van der Waals surface area contributed by atoms with E-state index in [0.29, 0.717) is 42.0 Å². The maximum Gasteiger partial charge on any atom is 0.248 e. The first-order valence-electron chi connectivity index (χ1n) is 8.32. The lowest BCUT2D eigenvalue weighted by Gasteiger charge is -2.19. The molecule has 3 aromatic rings. The number of hydrogen-bond donors (Lipinski definition) is 2. The van der Waals surface area contributed by atoms with E-state index >= 15 is 0 Å². The van der Waals surface area contributed by atoms with E-state index in [1.54, 1.807) is 31.4 Å². The van der Waals surface area contributed by atoms with Crippen LogP contribution in [0, 0.1) is 0 Å². The molecule has 8 nitrogen and oxygen atoms in total. The highest BCUT2D eigenvalue weighted by Crippen LogP contribution is 2.35. The Kier molecular flexibility index (Phi) is 4.52. The van der Waals surface area contributed by atoms with Crippen molar-refractivity contribution in [1.82, 2.24) is 9.97 Å². The van der Waals surface area contributed by atoms with E-state index in [4.69, 9.17) is 24.7 Å². The van der Waals surface area contributed by atoms with E-state index in [0.717, 1.165) is 11.4 Å². The van der Waals surface area contributed by atoms with Gasteiger partial charge in [-0.3, -0.25) is 0 Å². The predicted octanol–water partition coefficient (Wildman–Crippen LogP) is 3.37. The lowest BCUT2D eigenvalue weighted by Crippen LogP contribution is -2.15. The minimum Gasteiger partial charge on any atom is -0.497 e. The van der Waals surface area contributed by atoms with Crippen LogP contribution in [0.25, 0.3) is 0 Å². The fourth-order valence-electron chi connectivity index (χ4n) is 2.57. The van der Waals surface area contributed by atoms with Crippen molar-refractivity contribution in [2.24, 2.45) is 0 Å². The van der Waals surface area contributed by atoms with Crippen LogP contribution >= 0.6 is 0 Å². The van der Waals surface area contributed by atoms with Crippen LogP contribution in [0.5, 0.6) is 28.9 Å². The van der Waals surface area contributed by atoms with Gasteiger partial charge in [0, 0.05) is 11.8 Å². The van der Waals surface area contributed by atoms with Crippen LogP contribution in [0.3, 0.4) is 0 Å². The molecule has 2 aromatic carbocycles. The topological polar surface area (TPSA) is 101 Å². The van der Waals surface area contributed by atoms with Crippen molar-refractivity contribution in [3.63, 3.8) is 0 Å². The summed E-state index contributed by atoms with van der Waals surface area (Å²) in [7, 11) is 1.61. The highest BCUT2D eigenvalue weighted by molar-refractivity contribution is 5.73. The van der Waals surface area contributed by atoms with Crippen LogP contribution in [0.4, 0.5) is 17.2 Å². The molecule has 138 valence electrons. The second-order valence-corrected chi connectivity index (χ2v) is 5.70. The van der Waals surface area contributed by atoms with Gasteiger partial charge in [-0.05, 0) is 36.4 Å². The molecular weight excluding hydrogens is 348 g/mol. The summed E-state index contributed by atoms with van der Waals surface area (Å²) in [6, 6.07) is 12.7. The average Bonchev–Trinajstić information content (AvgIpc) is 2.71. The maximum atomic E-state index is 6.18. The molecule has 4 rings (SSSR count). The SMILES string of the molecule is COc1ccc(Oc2ncnc(Nc3ccc4c(c3)OCCO4)c2N)cc1. The van der Waals surface area contributed by atoms with Crippen LogP contribution in [0.1, 0.15) is 0 Å². The van der Waals surface area contributed by atoms with Gasteiger partial charge in [0.2, 0.25) is 5.88 Å². The molecule has 3 N–H and O–H groups in total. The number of anilines is 3. The fraction of sp³-hybridized carbons (Fsp3) is 0.158. The Morgan fingerprint density at radius 2 is 1.70 bits per heavy atom. The minimum atomic E-state index is 0.259. The van der Waals surface area contributed by atoms with Crippen molar-refractivity contribution >= 4 is 17.2 Å². The van der Waals surface area contributed by atoms with Crippen molar-refractivity contribution < 1.29 is 18.9 Å². The summed E-state index contributed by atoms with van der Waals surface area (Å²) >= 11 is 0. The molecule has 0 unspecified atom stereocenters. The first-order chi connectivity index (χ1) is 13.2. The van der Waals surface area contributed by atoms with Gasteiger partial charge >= 0.3 is 0 Å². The van der Waals surface area contributed by atoms with Crippen LogP contribution < -0.4 is 30.0 Å². The van der Waals surface area contributed by atoms with Crippen molar-refractivity contribution in [3.8, 4) is 28.9 Å². The molecule has 0 aliphatic carbocycles. The van der Waals surface area contributed by atoms with Gasteiger partial charge in [-0.1, -0.05) is 0 Å². The third-order valence-electron chi connectivity index (χ3n) is 3.93. The third-order valence-corrected chi connectivity index (χ3v) is 3.93.